The molecule has 2 saturated heterocycles. The van der Waals surface area contributed by atoms with Crippen molar-refractivity contribution in [1.82, 2.24) is 65.5 Å². The second-order valence-electron chi connectivity index (χ2n) is 14.7. The van der Waals surface area contributed by atoms with E-state index >= 15 is 0 Å². The number of carbonyl (C=O) groups is 2. The normalized spacial score (nSPS) is 15.4. The molecule has 2 fully saturated rings. The van der Waals surface area contributed by atoms with Crippen LogP contribution in [0.5, 0.6) is 0 Å². The summed E-state index contributed by atoms with van der Waals surface area (Å²) < 4.78 is 90.9. The summed E-state index contributed by atoms with van der Waals surface area (Å²) in [7, 11) is 0. The molecule has 1 amide bonds. The van der Waals surface area contributed by atoms with Crippen LogP contribution in [-0.2, 0) is 30.2 Å². The molecule has 0 saturated carbocycles. The molecular weight excluding hydrogens is 977 g/mol. The summed E-state index contributed by atoms with van der Waals surface area (Å²) in [6.07, 6.45) is 3.86. The molecule has 8 aromatic rings. The lowest BCUT2D eigenvalue weighted by Gasteiger charge is -2.34. The molecule has 21 nitrogen and oxygen atoms in total. The smallest absolute Gasteiger partial charge is 0.471 e. The topological polar surface area (TPSA) is 254 Å². The van der Waals surface area contributed by atoms with E-state index in [0.29, 0.717) is 50.9 Å². The number of morpholine rings is 1. The van der Waals surface area contributed by atoms with Gasteiger partial charge in [-0.05, 0) is 49.2 Å². The van der Waals surface area contributed by atoms with Crippen LogP contribution in [0.4, 0.5) is 49.6 Å². The summed E-state index contributed by atoms with van der Waals surface area (Å²) in [6.45, 7) is 1.42. The van der Waals surface area contributed by atoms with E-state index in [1.54, 1.807) is 46.3 Å². The van der Waals surface area contributed by atoms with Gasteiger partial charge in [-0.15, -0.1) is 32.9 Å². The molecule has 0 aromatic carbocycles. The van der Waals surface area contributed by atoms with E-state index in [1.165, 1.54) is 54.6 Å². The Morgan fingerprint density at radius 2 is 1.14 bits per heavy atom. The molecule has 0 spiro atoms. The lowest BCUT2D eigenvalue weighted by Crippen LogP contribution is -2.49. The van der Waals surface area contributed by atoms with E-state index in [4.69, 9.17) is 4.74 Å². The second-order valence-corrected chi connectivity index (χ2v) is 17.1. The average molecular weight is 1010 g/mol. The number of alkyl halides is 6. The first-order valence-electron chi connectivity index (χ1n) is 20.0. The summed E-state index contributed by atoms with van der Waals surface area (Å²) in [5, 5.41) is 32.1. The van der Waals surface area contributed by atoms with Gasteiger partial charge < -0.3 is 33.6 Å². The first-order valence-corrected chi connectivity index (χ1v) is 21.7. The van der Waals surface area contributed by atoms with Crippen LogP contribution >= 0.6 is 22.7 Å². The van der Waals surface area contributed by atoms with Gasteiger partial charge in [-0.1, -0.05) is 17.7 Å². The van der Waals surface area contributed by atoms with E-state index < -0.39 is 30.1 Å². The zero-order valence-electron chi connectivity index (χ0n) is 34.8. The van der Waals surface area contributed by atoms with E-state index in [9.17, 15) is 41.0 Å². The Morgan fingerprint density at radius 3 is 1.57 bits per heavy atom. The minimum atomic E-state index is -4.73. The monoisotopic (exact) mass is 1010 g/mol. The van der Waals surface area contributed by atoms with Crippen molar-refractivity contribution in [3.05, 3.63) is 119 Å². The third-order valence-electron chi connectivity index (χ3n) is 10.2. The molecule has 10 heterocycles. The van der Waals surface area contributed by atoms with Crippen molar-refractivity contribution in [3.63, 3.8) is 0 Å². The van der Waals surface area contributed by atoms with Crippen LogP contribution in [-0.4, -0.2) is 108 Å². The van der Waals surface area contributed by atoms with Crippen LogP contribution in [0.2, 0.25) is 0 Å². The predicted octanol–water partition coefficient (Wildman–Crippen LogP) is 7.81. The molecule has 0 radical (unpaired) electrons. The number of rotatable bonds is 12. The highest BCUT2D eigenvalue weighted by Gasteiger charge is 2.42. The molecule has 2 bridgehead atoms. The van der Waals surface area contributed by atoms with Gasteiger partial charge in [0.1, 0.15) is 0 Å². The molecule has 2 aliphatic rings. The zero-order chi connectivity index (χ0) is 48.3. The summed E-state index contributed by atoms with van der Waals surface area (Å²) >= 11 is 2.32. The van der Waals surface area contributed by atoms with Gasteiger partial charge in [0.2, 0.25) is 11.6 Å². The molecule has 2 atom stereocenters. The summed E-state index contributed by atoms with van der Waals surface area (Å²) in [5.41, 5.74) is 0.318. The lowest BCUT2D eigenvalue weighted by atomic mass is 10.2. The van der Waals surface area contributed by atoms with Crippen molar-refractivity contribution < 1.29 is 54.8 Å². The van der Waals surface area contributed by atoms with Crippen molar-refractivity contribution in [3.8, 4) is 21.4 Å². The Kier molecular flexibility index (Phi) is 14.1. The molecule has 1 N–H and O–H groups in total. The van der Waals surface area contributed by atoms with Crippen molar-refractivity contribution in [2.24, 2.45) is 0 Å². The Labute approximate surface area is 397 Å². The number of nitrogens with zero attached hydrogens (tertiary/aromatic N) is 15. The Balaban J connectivity index is 0.000000190. The van der Waals surface area contributed by atoms with Gasteiger partial charge in [0.05, 0.1) is 84.1 Å². The van der Waals surface area contributed by atoms with Gasteiger partial charge in [-0.2, -0.15) is 46.5 Å². The number of hydrogen-bond acceptors (Lipinski definition) is 21. The quantitative estimate of drug-likeness (QED) is 0.114. The Morgan fingerprint density at radius 1 is 0.671 bits per heavy atom. The number of hydrogen-bond donors (Lipinski definition) is 1. The molecule has 10 rings (SSSR count). The highest BCUT2D eigenvalue weighted by molar-refractivity contribution is 7.15. The van der Waals surface area contributed by atoms with E-state index in [0.717, 1.165) is 35.3 Å². The standard InChI is InChI=1S/C23H19F3N8O3S.C17H10F3N7O3S.CH4/c24-23(25,26)22-30-20(32-37-22)17-4-3-16(38-17)10-33(19-9-27-5-6-28-19)18-7-13(8-29-31-18)21(35)34-14-1-2-15(34)12-36-11-14;18-17(19,20)16-24-14(26-30-16)11-2-1-10(31-11)8-27(13-7-21-3-4-22-13)12-5-9(15(28)29)6-23-25-12;/h3-9,14-15H,1-2,10-12H2;1-7H,8H2,(H,28,29);1H4. The van der Waals surface area contributed by atoms with Crippen molar-refractivity contribution in [1.29, 1.82) is 0 Å². The zero-order valence-corrected chi connectivity index (χ0v) is 36.4. The summed E-state index contributed by atoms with van der Waals surface area (Å²) in [6, 6.07) is 9.64. The van der Waals surface area contributed by atoms with Crippen LogP contribution < -0.4 is 9.80 Å². The van der Waals surface area contributed by atoms with Gasteiger partial charge in [-0.3, -0.25) is 14.8 Å². The third-order valence-corrected chi connectivity index (χ3v) is 12.3. The molecule has 0 aliphatic carbocycles. The Bertz CT molecular complexity index is 3050. The predicted molar refractivity (Wildman–Crippen MR) is 233 cm³/mol. The maximum atomic E-state index is 13.4. The van der Waals surface area contributed by atoms with Crippen LogP contribution in [0.1, 0.15) is 62.5 Å². The minimum absolute atomic E-state index is 0. The number of carbonyl (C=O) groups excluding carboxylic acids is 1. The van der Waals surface area contributed by atoms with Crippen LogP contribution in [0.15, 0.2) is 95.0 Å². The van der Waals surface area contributed by atoms with E-state index in [1.807, 2.05) is 4.90 Å². The molecule has 362 valence electrons. The van der Waals surface area contributed by atoms with Gasteiger partial charge in [0.25, 0.3) is 5.91 Å². The first-order chi connectivity index (χ1) is 33.2. The largest absolute Gasteiger partial charge is 0.478 e. The minimum Gasteiger partial charge on any atom is -0.478 e. The molecule has 2 aliphatic heterocycles. The van der Waals surface area contributed by atoms with Gasteiger partial charge >= 0.3 is 30.1 Å². The molecule has 29 heteroatoms. The Hall–Kier alpha value is -7.92. The van der Waals surface area contributed by atoms with Crippen molar-refractivity contribution in [2.45, 2.75) is 57.8 Å². The number of aromatic carboxylic acids is 1. The number of ether oxygens (including phenoxy) is 1. The lowest BCUT2D eigenvalue weighted by molar-refractivity contribution is -0.160. The molecule has 8 aromatic heterocycles. The highest BCUT2D eigenvalue weighted by atomic mass is 32.1. The molecule has 70 heavy (non-hydrogen) atoms. The van der Waals surface area contributed by atoms with Crippen LogP contribution in [0.3, 0.4) is 0 Å². The fraction of sp³-hybridized carbons (Fsp3) is 0.268. The number of fused-ring (bicyclic) bond motifs is 2. The summed E-state index contributed by atoms with van der Waals surface area (Å²) in [4.78, 5) is 55.6. The van der Waals surface area contributed by atoms with Crippen molar-refractivity contribution in [2.75, 3.05) is 23.0 Å². The fourth-order valence-electron chi connectivity index (χ4n) is 7.09. The van der Waals surface area contributed by atoms with Crippen LogP contribution in [0.25, 0.3) is 21.4 Å². The SMILES string of the molecule is C.O=C(O)c1cnnc(N(Cc2ccc(-c3noc(C(F)(F)F)n3)s2)c2cnccn2)c1.O=C(c1cnnc(N(Cc2ccc(-c3noc(C(F)(F)F)n3)s2)c2cnccn2)c1)N1C2CCC1COC2. The van der Waals surface area contributed by atoms with E-state index in [2.05, 4.69) is 69.7 Å². The third kappa shape index (κ3) is 10.8. The van der Waals surface area contributed by atoms with Gasteiger partial charge in [0, 0.05) is 34.5 Å². The average Bonchev–Trinajstić information content (AvgIpc) is 4.22. The number of halogens is 6. The maximum Gasteiger partial charge on any atom is 0.471 e. The maximum absolute atomic E-state index is 13.4. The number of amides is 1. The number of aromatic nitrogens is 12. The fourth-order valence-corrected chi connectivity index (χ4v) is 8.94. The van der Waals surface area contributed by atoms with Gasteiger partial charge in [0.15, 0.2) is 23.3 Å². The number of carboxylic acids is 1. The van der Waals surface area contributed by atoms with E-state index in [-0.39, 0.29) is 61.5 Å². The first kappa shape index (κ1) is 48.5. The van der Waals surface area contributed by atoms with Crippen LogP contribution in [0, 0.1) is 0 Å². The van der Waals surface area contributed by atoms with Crippen molar-refractivity contribution >= 4 is 57.8 Å². The summed E-state index contributed by atoms with van der Waals surface area (Å²) in [5.74, 6) is -3.11. The second kappa shape index (κ2) is 20.4. The number of carboxylic acid groups (broad SMARTS) is 1. The highest BCUT2D eigenvalue weighted by Crippen LogP contribution is 2.36. The number of anilines is 4. The molecular formula is C41H33F6N15O6S2. The number of thiophene rings is 2. The molecule has 2 unspecified atom stereocenters. The van der Waals surface area contributed by atoms with Gasteiger partial charge in [-0.25, -0.2) is 14.8 Å².